The summed E-state index contributed by atoms with van der Waals surface area (Å²) in [4.78, 5) is 47.6. The van der Waals surface area contributed by atoms with Gasteiger partial charge in [-0.3, -0.25) is 29.4 Å². The van der Waals surface area contributed by atoms with E-state index in [4.69, 9.17) is 0 Å². The number of imide groups is 2. The first-order valence-electron chi connectivity index (χ1n) is 6.40. The Morgan fingerprint density at radius 3 is 2.71 bits per heavy atom. The van der Waals surface area contributed by atoms with Crippen LogP contribution in [0, 0.1) is 0 Å². The lowest BCUT2D eigenvalue weighted by atomic mass is 10.1. The van der Waals surface area contributed by atoms with E-state index in [0.29, 0.717) is 22.4 Å². The Morgan fingerprint density at radius 2 is 2.10 bits per heavy atom. The minimum atomic E-state index is -0.442. The Balaban J connectivity index is 2.14. The molecule has 2 rings (SSSR count). The molecule has 110 valence electrons. The van der Waals surface area contributed by atoms with Gasteiger partial charge in [-0.05, 0) is 25.5 Å². The van der Waals surface area contributed by atoms with Crippen molar-refractivity contribution in [2.75, 3.05) is 0 Å². The van der Waals surface area contributed by atoms with Crippen molar-refractivity contribution in [1.29, 1.82) is 0 Å². The summed E-state index contributed by atoms with van der Waals surface area (Å²) in [5.74, 6) is -1.22. The number of hydrogen-bond acceptors (Lipinski definition) is 5. The normalized spacial score (nSPS) is 14.9. The maximum Gasteiger partial charge on any atom is 0.262 e. The summed E-state index contributed by atoms with van der Waals surface area (Å²) >= 11 is 4.21. The zero-order valence-corrected chi connectivity index (χ0v) is 12.2. The standard InChI is InChI=1S/C14H14N2O4S/c1-8(5-6-11(18)15-7-17)16-13(19)9-3-2-4-10(21)12(9)14(16)20/h2-4,7-8,21H,5-6H2,1H3,(H,15,17,18). The predicted molar refractivity (Wildman–Crippen MR) is 77.1 cm³/mol. The van der Waals surface area contributed by atoms with Gasteiger partial charge in [0, 0.05) is 17.4 Å². The van der Waals surface area contributed by atoms with Crippen LogP contribution in [0.5, 0.6) is 0 Å². The number of benzene rings is 1. The molecule has 1 heterocycles. The van der Waals surface area contributed by atoms with Gasteiger partial charge < -0.3 is 0 Å². The lowest BCUT2D eigenvalue weighted by Gasteiger charge is -2.22. The fourth-order valence-corrected chi connectivity index (χ4v) is 2.60. The van der Waals surface area contributed by atoms with E-state index in [2.05, 4.69) is 12.6 Å². The van der Waals surface area contributed by atoms with Gasteiger partial charge in [-0.15, -0.1) is 12.6 Å². The van der Waals surface area contributed by atoms with Gasteiger partial charge in [0.2, 0.25) is 12.3 Å². The van der Waals surface area contributed by atoms with Crippen LogP contribution in [0.4, 0.5) is 0 Å². The summed E-state index contributed by atoms with van der Waals surface area (Å²) in [6.07, 6.45) is 0.649. The molecule has 1 atom stereocenters. The smallest absolute Gasteiger partial charge is 0.262 e. The topological polar surface area (TPSA) is 83.6 Å². The van der Waals surface area contributed by atoms with Crippen LogP contribution in [-0.4, -0.2) is 35.1 Å². The molecule has 7 heteroatoms. The van der Waals surface area contributed by atoms with Gasteiger partial charge in [0.25, 0.3) is 11.8 Å². The highest BCUT2D eigenvalue weighted by Gasteiger charge is 2.39. The van der Waals surface area contributed by atoms with Crippen molar-refractivity contribution in [3.8, 4) is 0 Å². The van der Waals surface area contributed by atoms with Gasteiger partial charge >= 0.3 is 0 Å². The number of hydrogen-bond donors (Lipinski definition) is 2. The second-order valence-corrected chi connectivity index (χ2v) is 5.23. The summed E-state index contributed by atoms with van der Waals surface area (Å²) in [6.45, 7) is 1.69. The van der Waals surface area contributed by atoms with Crippen LogP contribution in [0.1, 0.15) is 40.5 Å². The van der Waals surface area contributed by atoms with E-state index >= 15 is 0 Å². The third kappa shape index (κ3) is 2.82. The van der Waals surface area contributed by atoms with Crippen LogP contribution < -0.4 is 5.32 Å². The fourth-order valence-electron chi connectivity index (χ4n) is 2.29. The third-order valence-electron chi connectivity index (χ3n) is 3.37. The largest absolute Gasteiger partial charge is 0.299 e. The zero-order chi connectivity index (χ0) is 15.6. The quantitative estimate of drug-likeness (QED) is 0.483. The summed E-state index contributed by atoms with van der Waals surface area (Å²) < 4.78 is 0. The molecule has 0 bridgehead atoms. The van der Waals surface area contributed by atoms with Crippen LogP contribution >= 0.6 is 12.6 Å². The van der Waals surface area contributed by atoms with Crippen LogP contribution in [0.15, 0.2) is 23.1 Å². The zero-order valence-electron chi connectivity index (χ0n) is 11.3. The number of carbonyl (C=O) groups excluding carboxylic acids is 4. The molecule has 21 heavy (non-hydrogen) atoms. The molecule has 1 aliphatic rings. The maximum atomic E-state index is 12.3. The lowest BCUT2D eigenvalue weighted by molar-refractivity contribution is -0.125. The van der Waals surface area contributed by atoms with E-state index in [0.717, 1.165) is 4.90 Å². The number of amides is 4. The van der Waals surface area contributed by atoms with E-state index in [-0.39, 0.29) is 18.7 Å². The molecular formula is C14H14N2O4S. The SMILES string of the molecule is CC(CCC(=O)NC=O)N1C(=O)c2cccc(S)c2C1=O. The van der Waals surface area contributed by atoms with Crippen molar-refractivity contribution in [2.45, 2.75) is 30.7 Å². The second-order valence-electron chi connectivity index (χ2n) is 4.75. The average Bonchev–Trinajstić information content (AvgIpc) is 2.70. The van der Waals surface area contributed by atoms with Crippen LogP contribution in [0.2, 0.25) is 0 Å². The number of fused-ring (bicyclic) bond motifs is 1. The predicted octanol–water partition coefficient (Wildman–Crippen LogP) is 1.01. The molecule has 6 nitrogen and oxygen atoms in total. The Morgan fingerprint density at radius 1 is 1.38 bits per heavy atom. The monoisotopic (exact) mass is 306 g/mol. The molecule has 0 aliphatic carbocycles. The first-order chi connectivity index (χ1) is 9.97. The van der Waals surface area contributed by atoms with E-state index < -0.39 is 17.9 Å². The van der Waals surface area contributed by atoms with Crippen LogP contribution in [0.25, 0.3) is 0 Å². The molecule has 1 aromatic rings. The van der Waals surface area contributed by atoms with Gasteiger partial charge in [-0.2, -0.15) is 0 Å². The summed E-state index contributed by atoms with van der Waals surface area (Å²) in [5, 5.41) is 2.02. The number of carbonyl (C=O) groups is 4. The second kappa shape index (κ2) is 6.09. The minimum absolute atomic E-state index is 0.0566. The van der Waals surface area contributed by atoms with E-state index in [1.54, 1.807) is 25.1 Å². The molecule has 1 aromatic carbocycles. The first-order valence-corrected chi connectivity index (χ1v) is 6.85. The molecule has 0 aromatic heterocycles. The number of rotatable bonds is 5. The lowest BCUT2D eigenvalue weighted by Crippen LogP contribution is -2.38. The molecule has 4 amide bonds. The van der Waals surface area contributed by atoms with Crippen LogP contribution in [-0.2, 0) is 9.59 Å². The van der Waals surface area contributed by atoms with E-state index in [9.17, 15) is 19.2 Å². The molecule has 0 radical (unpaired) electrons. The molecule has 1 unspecified atom stereocenters. The maximum absolute atomic E-state index is 12.3. The van der Waals surface area contributed by atoms with E-state index in [1.165, 1.54) is 0 Å². The molecule has 0 saturated carbocycles. The van der Waals surface area contributed by atoms with Crippen molar-refractivity contribution in [2.24, 2.45) is 0 Å². The Labute approximate surface area is 126 Å². The van der Waals surface area contributed by atoms with Crippen molar-refractivity contribution >= 4 is 36.8 Å². The van der Waals surface area contributed by atoms with Crippen LogP contribution in [0.3, 0.4) is 0 Å². The minimum Gasteiger partial charge on any atom is -0.299 e. The Kier molecular flexibility index (Phi) is 4.42. The molecule has 1 N–H and O–H groups in total. The molecular weight excluding hydrogens is 292 g/mol. The number of thiol groups is 1. The van der Waals surface area contributed by atoms with Crippen molar-refractivity contribution in [3.05, 3.63) is 29.3 Å². The summed E-state index contributed by atoms with van der Waals surface area (Å²) in [5.41, 5.74) is 0.631. The van der Waals surface area contributed by atoms with Gasteiger partial charge in [0.05, 0.1) is 11.1 Å². The molecule has 0 saturated heterocycles. The fraction of sp³-hybridized carbons (Fsp3) is 0.286. The number of nitrogens with zero attached hydrogens (tertiary/aromatic N) is 1. The van der Waals surface area contributed by atoms with Crippen molar-refractivity contribution < 1.29 is 19.2 Å². The first kappa shape index (κ1) is 15.2. The van der Waals surface area contributed by atoms with Gasteiger partial charge in [0.1, 0.15) is 0 Å². The van der Waals surface area contributed by atoms with Gasteiger partial charge in [0.15, 0.2) is 0 Å². The highest BCUT2D eigenvalue weighted by molar-refractivity contribution is 7.80. The molecule has 1 aliphatic heterocycles. The highest BCUT2D eigenvalue weighted by atomic mass is 32.1. The average molecular weight is 306 g/mol. The third-order valence-corrected chi connectivity index (χ3v) is 3.75. The van der Waals surface area contributed by atoms with Crippen molar-refractivity contribution in [1.82, 2.24) is 10.2 Å². The summed E-state index contributed by atoms with van der Waals surface area (Å²) in [6, 6.07) is 4.46. The van der Waals surface area contributed by atoms with Gasteiger partial charge in [-0.25, -0.2) is 0 Å². The van der Waals surface area contributed by atoms with E-state index in [1.807, 2.05) is 5.32 Å². The van der Waals surface area contributed by atoms with Gasteiger partial charge in [-0.1, -0.05) is 6.07 Å². The summed E-state index contributed by atoms with van der Waals surface area (Å²) in [7, 11) is 0. The number of nitrogens with one attached hydrogen (secondary N) is 1. The molecule has 0 fully saturated rings. The van der Waals surface area contributed by atoms with Crippen molar-refractivity contribution in [3.63, 3.8) is 0 Å². The Hall–Kier alpha value is -2.15. The Bertz CT molecular complexity index is 629. The highest BCUT2D eigenvalue weighted by Crippen LogP contribution is 2.30. The molecule has 0 spiro atoms.